The van der Waals surface area contributed by atoms with Crippen LogP contribution in [-0.4, -0.2) is 18.9 Å². The Labute approximate surface area is 82.3 Å². The average Bonchev–Trinajstić information content (AvgIpc) is 2.18. The zero-order chi connectivity index (χ0) is 10.4. The molecule has 1 aromatic carbocycles. The summed E-state index contributed by atoms with van der Waals surface area (Å²) in [5, 5.41) is 5.20. The Kier molecular flexibility index (Phi) is 3.67. The zero-order valence-corrected chi connectivity index (χ0v) is 7.91. The van der Waals surface area contributed by atoms with Gasteiger partial charge in [0.05, 0.1) is 0 Å². The first-order valence-corrected chi connectivity index (χ1v) is 4.36. The normalized spacial score (nSPS) is 9.21. The number of carbonyl (C=O) groups is 2. The van der Waals surface area contributed by atoms with Gasteiger partial charge in [-0.3, -0.25) is 4.79 Å². The van der Waals surface area contributed by atoms with Gasteiger partial charge in [-0.15, -0.1) is 0 Å². The van der Waals surface area contributed by atoms with Crippen molar-refractivity contribution in [3.8, 4) is 0 Å². The van der Waals surface area contributed by atoms with Crippen molar-refractivity contribution in [1.82, 2.24) is 5.32 Å². The van der Waals surface area contributed by atoms with Crippen molar-refractivity contribution < 1.29 is 9.59 Å². The number of aldehydes is 1. The molecule has 2 N–H and O–H groups in total. The topological polar surface area (TPSA) is 58.2 Å². The van der Waals surface area contributed by atoms with Crippen LogP contribution < -0.4 is 10.6 Å². The van der Waals surface area contributed by atoms with E-state index in [0.29, 0.717) is 17.8 Å². The SMILES string of the molecule is CCNC(=O)Nc1cccc(C=O)c1. The van der Waals surface area contributed by atoms with Crippen molar-refractivity contribution in [2.24, 2.45) is 0 Å². The number of hydrogen-bond donors (Lipinski definition) is 2. The molecular formula is C10H12N2O2. The second kappa shape index (κ2) is 5.01. The van der Waals surface area contributed by atoms with Crippen LogP contribution in [-0.2, 0) is 0 Å². The monoisotopic (exact) mass is 192 g/mol. The highest BCUT2D eigenvalue weighted by Crippen LogP contribution is 2.08. The highest BCUT2D eigenvalue weighted by atomic mass is 16.2. The van der Waals surface area contributed by atoms with Crippen LogP contribution >= 0.6 is 0 Å². The maximum absolute atomic E-state index is 11.1. The standard InChI is InChI=1S/C10H12N2O2/c1-2-11-10(14)12-9-5-3-4-8(6-9)7-13/h3-7H,2H2,1H3,(H2,11,12,14). The van der Waals surface area contributed by atoms with Crippen LogP contribution in [0.15, 0.2) is 24.3 Å². The molecule has 0 heterocycles. The van der Waals surface area contributed by atoms with Gasteiger partial charge in [-0.25, -0.2) is 4.79 Å². The zero-order valence-electron chi connectivity index (χ0n) is 7.91. The Bertz CT molecular complexity index is 337. The van der Waals surface area contributed by atoms with Crippen LogP contribution in [0.1, 0.15) is 17.3 Å². The van der Waals surface area contributed by atoms with Crippen molar-refractivity contribution in [3.05, 3.63) is 29.8 Å². The first kappa shape index (κ1) is 10.2. The molecule has 0 aliphatic heterocycles. The van der Waals surface area contributed by atoms with Crippen molar-refractivity contribution >= 4 is 18.0 Å². The molecule has 0 saturated carbocycles. The minimum atomic E-state index is -0.268. The summed E-state index contributed by atoms with van der Waals surface area (Å²) in [6.45, 7) is 2.40. The number of urea groups is 1. The Balaban J connectivity index is 2.66. The van der Waals surface area contributed by atoms with E-state index >= 15 is 0 Å². The number of hydrogen-bond acceptors (Lipinski definition) is 2. The molecular weight excluding hydrogens is 180 g/mol. The summed E-state index contributed by atoms with van der Waals surface area (Å²) in [6.07, 6.45) is 0.739. The van der Waals surface area contributed by atoms with Gasteiger partial charge in [0.15, 0.2) is 0 Å². The number of carbonyl (C=O) groups excluding carboxylic acids is 2. The summed E-state index contributed by atoms with van der Waals surface area (Å²) in [7, 11) is 0. The molecule has 0 aliphatic carbocycles. The van der Waals surface area contributed by atoms with Crippen molar-refractivity contribution in [3.63, 3.8) is 0 Å². The number of amides is 2. The second-order valence-electron chi connectivity index (χ2n) is 2.73. The summed E-state index contributed by atoms with van der Waals surface area (Å²) >= 11 is 0. The quantitative estimate of drug-likeness (QED) is 0.715. The molecule has 1 aromatic rings. The van der Waals surface area contributed by atoms with Crippen LogP contribution in [0.25, 0.3) is 0 Å². The molecule has 74 valence electrons. The molecule has 0 bridgehead atoms. The van der Waals surface area contributed by atoms with Crippen LogP contribution in [0.5, 0.6) is 0 Å². The molecule has 4 heteroatoms. The fourth-order valence-corrected chi connectivity index (χ4v) is 1.03. The molecule has 14 heavy (non-hydrogen) atoms. The molecule has 1 rings (SSSR count). The lowest BCUT2D eigenvalue weighted by Gasteiger charge is -2.05. The van der Waals surface area contributed by atoms with Gasteiger partial charge in [0.25, 0.3) is 0 Å². The van der Waals surface area contributed by atoms with Crippen LogP contribution in [0.3, 0.4) is 0 Å². The fourth-order valence-electron chi connectivity index (χ4n) is 1.03. The molecule has 2 amide bonds. The third kappa shape index (κ3) is 2.90. The van der Waals surface area contributed by atoms with Crippen molar-refractivity contribution in [1.29, 1.82) is 0 Å². The smallest absolute Gasteiger partial charge is 0.319 e. The molecule has 0 aliphatic rings. The van der Waals surface area contributed by atoms with Gasteiger partial charge < -0.3 is 10.6 Å². The van der Waals surface area contributed by atoms with Gasteiger partial charge in [0.2, 0.25) is 0 Å². The first-order chi connectivity index (χ1) is 6.76. The largest absolute Gasteiger partial charge is 0.338 e. The highest BCUT2D eigenvalue weighted by molar-refractivity contribution is 5.90. The van der Waals surface area contributed by atoms with Gasteiger partial charge in [0.1, 0.15) is 6.29 Å². The Morgan fingerprint density at radius 1 is 1.50 bits per heavy atom. The molecule has 0 aromatic heterocycles. The third-order valence-corrected chi connectivity index (χ3v) is 1.62. The summed E-state index contributed by atoms with van der Waals surface area (Å²) in [6, 6.07) is 6.46. The number of anilines is 1. The third-order valence-electron chi connectivity index (χ3n) is 1.62. The van der Waals surface area contributed by atoms with Gasteiger partial charge in [-0.2, -0.15) is 0 Å². The minimum Gasteiger partial charge on any atom is -0.338 e. The van der Waals surface area contributed by atoms with Crippen molar-refractivity contribution in [2.45, 2.75) is 6.92 Å². The number of benzene rings is 1. The highest BCUT2D eigenvalue weighted by Gasteiger charge is 1.99. The van der Waals surface area contributed by atoms with Crippen LogP contribution in [0, 0.1) is 0 Å². The van der Waals surface area contributed by atoms with E-state index in [9.17, 15) is 9.59 Å². The lowest BCUT2D eigenvalue weighted by atomic mass is 10.2. The van der Waals surface area contributed by atoms with Crippen LogP contribution in [0.2, 0.25) is 0 Å². The molecule has 0 fully saturated rings. The summed E-state index contributed by atoms with van der Waals surface area (Å²) in [4.78, 5) is 21.5. The summed E-state index contributed by atoms with van der Waals surface area (Å²) in [5.74, 6) is 0. The van der Waals surface area contributed by atoms with Gasteiger partial charge in [-0.05, 0) is 19.1 Å². The van der Waals surface area contributed by atoms with E-state index in [1.165, 1.54) is 0 Å². The van der Waals surface area contributed by atoms with E-state index in [0.717, 1.165) is 6.29 Å². The van der Waals surface area contributed by atoms with E-state index in [1.54, 1.807) is 24.3 Å². The predicted molar refractivity (Wildman–Crippen MR) is 54.5 cm³/mol. The lowest BCUT2D eigenvalue weighted by Crippen LogP contribution is -2.28. The fraction of sp³-hybridized carbons (Fsp3) is 0.200. The Hall–Kier alpha value is -1.84. The molecule has 0 saturated heterocycles. The van der Waals surface area contributed by atoms with Gasteiger partial charge in [-0.1, -0.05) is 12.1 Å². The maximum Gasteiger partial charge on any atom is 0.319 e. The molecule has 0 radical (unpaired) electrons. The first-order valence-electron chi connectivity index (χ1n) is 4.36. The van der Waals surface area contributed by atoms with Crippen LogP contribution in [0.4, 0.5) is 10.5 Å². The summed E-state index contributed by atoms with van der Waals surface area (Å²) < 4.78 is 0. The predicted octanol–water partition coefficient (Wildman–Crippen LogP) is 1.64. The maximum atomic E-state index is 11.1. The van der Waals surface area contributed by atoms with E-state index < -0.39 is 0 Å². The number of nitrogens with one attached hydrogen (secondary N) is 2. The molecule has 4 nitrogen and oxygen atoms in total. The second-order valence-corrected chi connectivity index (χ2v) is 2.73. The molecule has 0 unspecified atom stereocenters. The summed E-state index contributed by atoms with van der Waals surface area (Å²) in [5.41, 5.74) is 1.15. The van der Waals surface area contributed by atoms with Gasteiger partial charge >= 0.3 is 6.03 Å². The molecule has 0 atom stereocenters. The van der Waals surface area contributed by atoms with E-state index in [-0.39, 0.29) is 6.03 Å². The Morgan fingerprint density at radius 3 is 2.93 bits per heavy atom. The van der Waals surface area contributed by atoms with Crippen molar-refractivity contribution in [2.75, 3.05) is 11.9 Å². The van der Waals surface area contributed by atoms with Gasteiger partial charge in [0, 0.05) is 17.8 Å². The Morgan fingerprint density at radius 2 is 2.29 bits per heavy atom. The van der Waals surface area contributed by atoms with E-state index in [4.69, 9.17) is 0 Å². The van der Waals surface area contributed by atoms with E-state index in [2.05, 4.69) is 10.6 Å². The number of rotatable bonds is 3. The molecule has 0 spiro atoms. The van der Waals surface area contributed by atoms with E-state index in [1.807, 2.05) is 6.92 Å². The lowest BCUT2D eigenvalue weighted by molar-refractivity contribution is 0.112. The minimum absolute atomic E-state index is 0.268. The average molecular weight is 192 g/mol.